The average molecular weight is 394 g/mol. The number of ether oxygens (including phenoxy) is 1. The summed E-state index contributed by atoms with van der Waals surface area (Å²) in [5.41, 5.74) is 3.39. The van der Waals surface area contributed by atoms with Crippen LogP contribution in [0.4, 0.5) is 15.8 Å². The maximum Gasteiger partial charge on any atom is 0.166 e. The van der Waals surface area contributed by atoms with E-state index in [1.165, 1.54) is 29.6 Å². The van der Waals surface area contributed by atoms with Gasteiger partial charge >= 0.3 is 0 Å². The molecular formula is C19H21ClFN3OS. The van der Waals surface area contributed by atoms with E-state index in [1.807, 2.05) is 0 Å². The average Bonchev–Trinajstić information content (AvgIpc) is 2.64. The summed E-state index contributed by atoms with van der Waals surface area (Å²) in [6, 6.07) is 8.86. The molecule has 0 aromatic heterocycles. The summed E-state index contributed by atoms with van der Waals surface area (Å²) >= 11 is 7.76. The van der Waals surface area contributed by atoms with Gasteiger partial charge in [0, 0.05) is 31.1 Å². The van der Waals surface area contributed by atoms with Crippen LogP contribution in [0.5, 0.6) is 5.75 Å². The van der Waals surface area contributed by atoms with E-state index in [2.05, 4.69) is 33.6 Å². The number of hydrogen-bond acceptors (Lipinski definition) is 5. The van der Waals surface area contributed by atoms with Gasteiger partial charge in [-0.05, 0) is 54.8 Å². The Morgan fingerprint density at radius 1 is 1.12 bits per heavy atom. The first kappa shape index (κ1) is 17.8. The van der Waals surface area contributed by atoms with Gasteiger partial charge in [0.1, 0.15) is 12.4 Å². The Bertz CT molecular complexity index is 814. The highest BCUT2D eigenvalue weighted by Crippen LogP contribution is 2.46. The van der Waals surface area contributed by atoms with Gasteiger partial charge in [0.15, 0.2) is 5.75 Å². The van der Waals surface area contributed by atoms with Crippen LogP contribution in [-0.2, 0) is 0 Å². The quantitative estimate of drug-likeness (QED) is 0.792. The minimum Gasteiger partial charge on any atom is -0.487 e. The highest BCUT2D eigenvalue weighted by molar-refractivity contribution is 8.00. The summed E-state index contributed by atoms with van der Waals surface area (Å²) in [7, 11) is 0. The molecule has 0 atom stereocenters. The molecule has 0 saturated carbocycles. The normalized spacial score (nSPS) is 17.0. The van der Waals surface area contributed by atoms with Crippen molar-refractivity contribution in [3.05, 3.63) is 46.7 Å². The summed E-state index contributed by atoms with van der Waals surface area (Å²) in [4.78, 5) is 3.22. The lowest BCUT2D eigenvalue weighted by Crippen LogP contribution is -2.44. The van der Waals surface area contributed by atoms with Crippen LogP contribution in [-0.4, -0.2) is 39.3 Å². The van der Waals surface area contributed by atoms with Gasteiger partial charge in [-0.25, -0.2) is 4.39 Å². The monoisotopic (exact) mass is 393 g/mol. The fraction of sp³-hybridized carbons (Fsp3) is 0.368. The van der Waals surface area contributed by atoms with Crippen LogP contribution in [0.15, 0.2) is 35.2 Å². The number of benzene rings is 2. The molecule has 0 unspecified atom stereocenters. The first-order valence-corrected chi connectivity index (χ1v) is 9.90. The molecule has 2 aliphatic heterocycles. The number of halogens is 2. The Balaban J connectivity index is 1.68. The molecule has 26 heavy (non-hydrogen) atoms. The molecule has 4 rings (SSSR count). The van der Waals surface area contributed by atoms with Gasteiger partial charge in [-0.1, -0.05) is 11.6 Å². The summed E-state index contributed by atoms with van der Waals surface area (Å²) in [6.45, 7) is 7.36. The van der Waals surface area contributed by atoms with E-state index in [0.29, 0.717) is 11.6 Å². The van der Waals surface area contributed by atoms with E-state index in [-0.39, 0.29) is 5.82 Å². The molecule has 0 bridgehead atoms. The van der Waals surface area contributed by atoms with Crippen molar-refractivity contribution in [1.82, 2.24) is 5.32 Å². The number of fused-ring (bicyclic) bond motifs is 1. The second-order valence-electron chi connectivity index (χ2n) is 6.49. The van der Waals surface area contributed by atoms with Crippen molar-refractivity contribution in [2.75, 3.05) is 48.5 Å². The predicted octanol–water partition coefficient (Wildman–Crippen LogP) is 4.10. The maximum atomic E-state index is 13.3. The van der Waals surface area contributed by atoms with Gasteiger partial charge in [0.25, 0.3) is 0 Å². The van der Waals surface area contributed by atoms with Crippen LogP contribution in [0.3, 0.4) is 0 Å². The van der Waals surface area contributed by atoms with Crippen molar-refractivity contribution < 1.29 is 9.13 Å². The van der Waals surface area contributed by atoms with E-state index in [9.17, 15) is 4.39 Å². The molecule has 1 fully saturated rings. The third-order valence-electron chi connectivity index (χ3n) is 4.56. The Labute approximate surface area is 162 Å². The smallest absolute Gasteiger partial charge is 0.166 e. The maximum absolute atomic E-state index is 13.3. The van der Waals surface area contributed by atoms with E-state index >= 15 is 0 Å². The second-order valence-corrected chi connectivity index (χ2v) is 7.96. The lowest BCUT2D eigenvalue weighted by atomic mass is 10.1. The molecule has 1 saturated heterocycles. The number of rotatable bonds is 3. The summed E-state index contributed by atoms with van der Waals surface area (Å²) in [5, 5.41) is 3.82. The zero-order valence-corrected chi connectivity index (χ0v) is 16.2. The number of nitrogens with zero attached hydrogens (tertiary/aromatic N) is 2. The minimum absolute atomic E-state index is 0.321. The highest BCUT2D eigenvalue weighted by Gasteiger charge is 2.26. The minimum atomic E-state index is -0.321. The van der Waals surface area contributed by atoms with Gasteiger partial charge in [-0.3, -0.25) is 0 Å². The van der Waals surface area contributed by atoms with E-state index in [4.69, 9.17) is 16.3 Å². The van der Waals surface area contributed by atoms with Crippen LogP contribution < -0.4 is 19.3 Å². The number of aryl methyl sites for hydroxylation is 1. The standard InChI is InChI=1S/C19H21ClFN3OS/c1-13-10-16(23-6-4-22-5-7-23)19-17(11-13)24(8-9-25-19)26-18-3-2-14(21)12-15(18)20/h2-3,10-12,22H,4-9H2,1H3. The predicted molar refractivity (Wildman–Crippen MR) is 106 cm³/mol. The third kappa shape index (κ3) is 3.59. The Morgan fingerprint density at radius 2 is 1.88 bits per heavy atom. The lowest BCUT2D eigenvalue weighted by Gasteiger charge is -2.36. The van der Waals surface area contributed by atoms with Crippen LogP contribution >= 0.6 is 23.5 Å². The number of anilines is 2. The van der Waals surface area contributed by atoms with Gasteiger partial charge < -0.3 is 19.3 Å². The largest absolute Gasteiger partial charge is 0.487 e. The Morgan fingerprint density at radius 3 is 2.65 bits per heavy atom. The zero-order valence-electron chi connectivity index (χ0n) is 14.6. The third-order valence-corrected chi connectivity index (χ3v) is 6.14. The topological polar surface area (TPSA) is 27.7 Å². The molecule has 1 N–H and O–H groups in total. The first-order chi connectivity index (χ1) is 12.6. The lowest BCUT2D eigenvalue weighted by molar-refractivity contribution is 0.317. The molecule has 2 aliphatic rings. The molecule has 0 aliphatic carbocycles. The fourth-order valence-corrected chi connectivity index (χ4v) is 4.51. The second kappa shape index (κ2) is 7.55. The van der Waals surface area contributed by atoms with Crippen LogP contribution in [0.1, 0.15) is 5.56 Å². The van der Waals surface area contributed by atoms with Crippen molar-refractivity contribution >= 4 is 34.9 Å². The van der Waals surface area contributed by atoms with Crippen LogP contribution in [0.2, 0.25) is 5.02 Å². The molecule has 0 radical (unpaired) electrons. The molecule has 4 nitrogen and oxygen atoms in total. The summed E-state index contributed by atoms with van der Waals surface area (Å²) < 4.78 is 21.6. The van der Waals surface area contributed by atoms with Gasteiger partial charge in [-0.15, -0.1) is 0 Å². The first-order valence-electron chi connectivity index (χ1n) is 8.75. The molecule has 138 valence electrons. The molecule has 0 spiro atoms. The van der Waals surface area contributed by atoms with Crippen LogP contribution in [0.25, 0.3) is 0 Å². The molecule has 2 aromatic carbocycles. The highest BCUT2D eigenvalue weighted by atomic mass is 35.5. The van der Waals surface area contributed by atoms with Crippen molar-refractivity contribution in [2.45, 2.75) is 11.8 Å². The van der Waals surface area contributed by atoms with Crippen LogP contribution in [0, 0.1) is 12.7 Å². The van der Waals surface area contributed by atoms with Crippen molar-refractivity contribution in [1.29, 1.82) is 0 Å². The van der Waals surface area contributed by atoms with Crippen molar-refractivity contribution in [3.63, 3.8) is 0 Å². The SMILES string of the molecule is Cc1cc(N2CCNCC2)c2c(c1)N(Sc1ccc(F)cc1Cl)CCO2. The van der Waals surface area contributed by atoms with E-state index in [0.717, 1.165) is 54.7 Å². The van der Waals surface area contributed by atoms with Gasteiger partial charge in [0.05, 0.1) is 22.9 Å². The molecule has 2 aromatic rings. The molecule has 7 heteroatoms. The molecule has 0 amide bonds. The van der Waals surface area contributed by atoms with Crippen molar-refractivity contribution in [3.8, 4) is 5.75 Å². The number of hydrogen-bond donors (Lipinski definition) is 1. The van der Waals surface area contributed by atoms with Gasteiger partial charge in [-0.2, -0.15) is 0 Å². The molecular weight excluding hydrogens is 373 g/mol. The zero-order chi connectivity index (χ0) is 18.1. The molecule has 2 heterocycles. The Kier molecular flexibility index (Phi) is 5.16. The Hall–Kier alpha value is -1.63. The number of piperazine rings is 1. The van der Waals surface area contributed by atoms with Crippen molar-refractivity contribution in [2.24, 2.45) is 0 Å². The van der Waals surface area contributed by atoms with Gasteiger partial charge in [0.2, 0.25) is 0 Å². The van der Waals surface area contributed by atoms with E-state index in [1.54, 1.807) is 6.07 Å². The van der Waals surface area contributed by atoms with E-state index < -0.39 is 0 Å². The number of nitrogens with one attached hydrogen (secondary N) is 1. The summed E-state index contributed by atoms with van der Waals surface area (Å²) in [6.07, 6.45) is 0. The summed E-state index contributed by atoms with van der Waals surface area (Å²) in [5.74, 6) is 0.605. The fourth-order valence-electron chi connectivity index (χ4n) is 3.32.